The first kappa shape index (κ1) is 17.7. The molecule has 0 saturated carbocycles. The van der Waals surface area contributed by atoms with E-state index in [1.807, 2.05) is 18.2 Å². The second-order valence-corrected chi connectivity index (χ2v) is 7.11. The number of nitrogens with one attached hydrogen (secondary N) is 1. The van der Waals surface area contributed by atoms with Gasteiger partial charge in [-0.3, -0.25) is 4.79 Å². The zero-order valence-corrected chi connectivity index (χ0v) is 15.6. The molecule has 1 N–H and O–H groups in total. The van der Waals surface area contributed by atoms with E-state index < -0.39 is 0 Å². The van der Waals surface area contributed by atoms with Crippen LogP contribution in [0.2, 0.25) is 0 Å². The average Bonchev–Trinajstić information content (AvgIpc) is 3.17. The lowest BCUT2D eigenvalue weighted by Crippen LogP contribution is -2.33. The van der Waals surface area contributed by atoms with Crippen molar-refractivity contribution in [3.8, 4) is 11.5 Å². The Morgan fingerprint density at radius 2 is 2.00 bits per heavy atom. The van der Waals surface area contributed by atoms with Gasteiger partial charge in [0.15, 0.2) is 11.5 Å². The maximum atomic E-state index is 12.1. The summed E-state index contributed by atoms with van der Waals surface area (Å²) in [6.07, 6.45) is 4.54. The third-order valence-corrected chi connectivity index (χ3v) is 5.21. The fourth-order valence-corrected chi connectivity index (χ4v) is 3.78. The lowest BCUT2D eigenvalue weighted by molar-refractivity contribution is -0.121. The molecule has 2 aliphatic heterocycles. The summed E-state index contributed by atoms with van der Waals surface area (Å²) in [6.45, 7) is 3.09. The Morgan fingerprint density at radius 1 is 1.11 bits per heavy atom. The topological polar surface area (TPSA) is 50.8 Å². The molecule has 0 bridgehead atoms. The zero-order chi connectivity index (χ0) is 18.5. The Morgan fingerprint density at radius 3 is 2.96 bits per heavy atom. The van der Waals surface area contributed by atoms with Crippen molar-refractivity contribution in [2.24, 2.45) is 0 Å². The Labute approximate surface area is 160 Å². The van der Waals surface area contributed by atoms with E-state index in [-0.39, 0.29) is 12.7 Å². The highest BCUT2D eigenvalue weighted by Gasteiger charge is 2.16. The number of hydrogen-bond acceptors (Lipinski definition) is 4. The number of ether oxygens (including phenoxy) is 2. The van der Waals surface area contributed by atoms with Crippen molar-refractivity contribution in [3.63, 3.8) is 0 Å². The van der Waals surface area contributed by atoms with E-state index in [0.29, 0.717) is 12.8 Å². The van der Waals surface area contributed by atoms with Gasteiger partial charge >= 0.3 is 0 Å². The van der Waals surface area contributed by atoms with E-state index in [0.717, 1.165) is 43.1 Å². The first-order valence-corrected chi connectivity index (χ1v) is 9.78. The molecule has 2 heterocycles. The number of aryl methyl sites for hydroxylation is 2. The smallest absolute Gasteiger partial charge is 0.231 e. The van der Waals surface area contributed by atoms with Crippen LogP contribution in [-0.2, 0) is 17.6 Å². The number of nitrogens with zero attached hydrogens (tertiary/aromatic N) is 1. The number of anilines is 1. The highest BCUT2D eigenvalue weighted by atomic mass is 16.7. The molecule has 1 amide bonds. The number of para-hydroxylation sites is 1. The number of fused-ring (bicyclic) bond motifs is 2. The van der Waals surface area contributed by atoms with Gasteiger partial charge in [0.25, 0.3) is 0 Å². The third kappa shape index (κ3) is 4.35. The van der Waals surface area contributed by atoms with Crippen molar-refractivity contribution in [2.45, 2.75) is 32.1 Å². The molecule has 0 aromatic heterocycles. The molecule has 27 heavy (non-hydrogen) atoms. The van der Waals surface area contributed by atoms with Crippen LogP contribution < -0.4 is 19.7 Å². The van der Waals surface area contributed by atoms with Gasteiger partial charge in [0.1, 0.15) is 0 Å². The molecule has 0 spiro atoms. The minimum Gasteiger partial charge on any atom is -0.454 e. The summed E-state index contributed by atoms with van der Waals surface area (Å²) in [5.74, 6) is 1.66. The van der Waals surface area contributed by atoms with Crippen molar-refractivity contribution < 1.29 is 14.3 Å². The van der Waals surface area contributed by atoms with Gasteiger partial charge in [-0.2, -0.15) is 0 Å². The van der Waals surface area contributed by atoms with Gasteiger partial charge < -0.3 is 19.7 Å². The second kappa shape index (κ2) is 8.33. The van der Waals surface area contributed by atoms with E-state index in [1.165, 1.54) is 24.1 Å². The van der Waals surface area contributed by atoms with Gasteiger partial charge in [-0.25, -0.2) is 0 Å². The van der Waals surface area contributed by atoms with Gasteiger partial charge in [0.2, 0.25) is 12.7 Å². The minimum atomic E-state index is 0.103. The largest absolute Gasteiger partial charge is 0.454 e. The highest BCUT2D eigenvalue weighted by molar-refractivity contribution is 5.76. The quantitative estimate of drug-likeness (QED) is 0.764. The van der Waals surface area contributed by atoms with Crippen molar-refractivity contribution in [3.05, 3.63) is 53.6 Å². The standard InChI is InChI=1S/C22H26N2O3/c25-22(11-9-17-8-10-20-21(15-17)27-16-26-20)23-12-4-14-24-13-3-6-18-5-1-2-7-19(18)24/h1-2,5,7-8,10,15H,3-4,6,9,11-14,16H2,(H,23,25). The molecule has 2 aromatic carbocycles. The Balaban J connectivity index is 1.17. The van der Waals surface area contributed by atoms with Crippen LogP contribution in [0.5, 0.6) is 11.5 Å². The Hall–Kier alpha value is -2.69. The average molecular weight is 366 g/mol. The molecule has 4 rings (SSSR count). The van der Waals surface area contributed by atoms with Crippen LogP contribution in [0.3, 0.4) is 0 Å². The summed E-state index contributed by atoms with van der Waals surface area (Å²) in [7, 11) is 0. The molecule has 0 fully saturated rings. The molecule has 0 aliphatic carbocycles. The molecule has 0 unspecified atom stereocenters. The first-order chi connectivity index (χ1) is 13.3. The van der Waals surface area contributed by atoms with Crippen LogP contribution in [-0.4, -0.2) is 32.3 Å². The number of amides is 1. The van der Waals surface area contributed by atoms with Crippen LogP contribution in [0, 0.1) is 0 Å². The molecule has 0 radical (unpaired) electrons. The van der Waals surface area contributed by atoms with Gasteiger partial charge in [0.05, 0.1) is 0 Å². The normalized spacial score (nSPS) is 14.7. The van der Waals surface area contributed by atoms with Crippen molar-refractivity contribution >= 4 is 11.6 Å². The van der Waals surface area contributed by atoms with Crippen LogP contribution >= 0.6 is 0 Å². The van der Waals surface area contributed by atoms with Crippen molar-refractivity contribution in [1.29, 1.82) is 0 Å². The van der Waals surface area contributed by atoms with E-state index in [4.69, 9.17) is 9.47 Å². The number of carbonyl (C=O) groups is 1. The molecule has 5 heteroatoms. The maximum Gasteiger partial charge on any atom is 0.231 e. The second-order valence-electron chi connectivity index (χ2n) is 7.11. The molecule has 142 valence electrons. The fraction of sp³-hybridized carbons (Fsp3) is 0.409. The zero-order valence-electron chi connectivity index (χ0n) is 15.6. The van der Waals surface area contributed by atoms with E-state index in [9.17, 15) is 4.79 Å². The summed E-state index contributed by atoms with van der Waals surface area (Å²) in [5.41, 5.74) is 3.90. The summed E-state index contributed by atoms with van der Waals surface area (Å²) in [5, 5.41) is 3.05. The maximum absolute atomic E-state index is 12.1. The van der Waals surface area contributed by atoms with Crippen LogP contribution in [0.25, 0.3) is 0 Å². The lowest BCUT2D eigenvalue weighted by atomic mass is 10.0. The molecule has 2 aliphatic rings. The van der Waals surface area contributed by atoms with Gasteiger partial charge in [-0.05, 0) is 55.0 Å². The van der Waals surface area contributed by atoms with Gasteiger partial charge in [-0.15, -0.1) is 0 Å². The molecule has 0 atom stereocenters. The number of hydrogen-bond donors (Lipinski definition) is 1. The molecule has 2 aromatic rings. The predicted octanol–water partition coefficient (Wildman–Crippen LogP) is 3.31. The molecular weight excluding hydrogens is 340 g/mol. The summed E-state index contributed by atoms with van der Waals surface area (Å²) in [6, 6.07) is 14.5. The van der Waals surface area contributed by atoms with E-state index >= 15 is 0 Å². The summed E-state index contributed by atoms with van der Waals surface area (Å²) < 4.78 is 10.7. The fourth-order valence-electron chi connectivity index (χ4n) is 3.78. The first-order valence-electron chi connectivity index (χ1n) is 9.78. The third-order valence-electron chi connectivity index (χ3n) is 5.21. The Bertz CT molecular complexity index is 806. The predicted molar refractivity (Wildman–Crippen MR) is 105 cm³/mol. The lowest BCUT2D eigenvalue weighted by Gasteiger charge is -2.31. The number of rotatable bonds is 7. The van der Waals surface area contributed by atoms with Crippen molar-refractivity contribution in [1.82, 2.24) is 5.32 Å². The monoisotopic (exact) mass is 366 g/mol. The van der Waals surface area contributed by atoms with E-state index in [1.54, 1.807) is 0 Å². The Kier molecular flexibility index (Phi) is 5.47. The molecular formula is C22H26N2O3. The molecule has 0 saturated heterocycles. The van der Waals surface area contributed by atoms with Crippen LogP contribution in [0.4, 0.5) is 5.69 Å². The van der Waals surface area contributed by atoms with Crippen LogP contribution in [0.1, 0.15) is 30.4 Å². The van der Waals surface area contributed by atoms with Crippen molar-refractivity contribution in [2.75, 3.05) is 31.3 Å². The highest BCUT2D eigenvalue weighted by Crippen LogP contribution is 2.32. The number of carbonyl (C=O) groups excluding carboxylic acids is 1. The summed E-state index contributed by atoms with van der Waals surface area (Å²) >= 11 is 0. The SMILES string of the molecule is O=C(CCc1ccc2c(c1)OCO2)NCCCN1CCCc2ccccc21. The van der Waals surface area contributed by atoms with Crippen LogP contribution in [0.15, 0.2) is 42.5 Å². The van der Waals surface area contributed by atoms with Gasteiger partial charge in [-0.1, -0.05) is 24.3 Å². The summed E-state index contributed by atoms with van der Waals surface area (Å²) in [4.78, 5) is 14.6. The number of benzene rings is 2. The van der Waals surface area contributed by atoms with E-state index in [2.05, 4.69) is 34.5 Å². The minimum absolute atomic E-state index is 0.103. The van der Waals surface area contributed by atoms with Gasteiger partial charge in [0, 0.05) is 31.7 Å². The molecule has 5 nitrogen and oxygen atoms in total.